The van der Waals surface area contributed by atoms with Crippen molar-refractivity contribution in [3.63, 3.8) is 0 Å². The van der Waals surface area contributed by atoms with E-state index in [0.717, 1.165) is 29.6 Å². The van der Waals surface area contributed by atoms with Crippen molar-refractivity contribution in [3.05, 3.63) is 232 Å². The van der Waals surface area contributed by atoms with Crippen LogP contribution in [-0.4, -0.2) is 0 Å². The van der Waals surface area contributed by atoms with E-state index < -0.39 is 0 Å². The second kappa shape index (κ2) is 16.1. The molecule has 1 N–H and O–H groups in total. The topological polar surface area (TPSA) is 12.0 Å². The van der Waals surface area contributed by atoms with Crippen molar-refractivity contribution in [2.45, 2.75) is 58.4 Å². The molecule has 1 nitrogen and oxygen atoms in total. The van der Waals surface area contributed by atoms with Gasteiger partial charge in [-0.05, 0) is 163 Å². The number of benzene rings is 7. The lowest BCUT2D eigenvalue weighted by Gasteiger charge is -2.37. The summed E-state index contributed by atoms with van der Waals surface area (Å²) in [4.78, 5) is 0. The Morgan fingerprint density at radius 2 is 1.25 bits per heavy atom. The Morgan fingerprint density at radius 1 is 0.619 bits per heavy atom. The van der Waals surface area contributed by atoms with Crippen LogP contribution in [0.1, 0.15) is 93.8 Å². The SMILES string of the molecule is C=C(/C=C\c1ccc(/C=C\C(=C)c2c3ccccc3c(C3=CC=CC(C4Nc5ccccc5-c5c4ccc4c5CC5=C4CCCC5)C3)c3ccccc23)c(C)c1C)c1ccccc1. The van der Waals surface area contributed by atoms with Gasteiger partial charge in [-0.25, -0.2) is 0 Å². The molecule has 0 amide bonds. The Morgan fingerprint density at radius 3 is 1.98 bits per heavy atom. The first-order valence-corrected chi connectivity index (χ1v) is 22.9. The molecule has 2 atom stereocenters. The van der Waals surface area contributed by atoms with Crippen LogP contribution >= 0.6 is 0 Å². The van der Waals surface area contributed by atoms with Crippen LogP contribution in [0.2, 0.25) is 0 Å². The summed E-state index contributed by atoms with van der Waals surface area (Å²) in [7, 11) is 0. The fraction of sp³-hybridized carbons (Fsp3) is 0.161. The van der Waals surface area contributed by atoms with Crippen molar-refractivity contribution in [1.29, 1.82) is 0 Å². The molecule has 1 aliphatic heterocycles. The second-order valence-electron chi connectivity index (χ2n) is 18.1. The molecule has 0 saturated carbocycles. The third-order valence-electron chi connectivity index (χ3n) is 14.5. The van der Waals surface area contributed by atoms with Crippen LogP contribution in [0.4, 0.5) is 5.69 Å². The van der Waals surface area contributed by atoms with Crippen LogP contribution in [0.15, 0.2) is 177 Å². The lowest BCUT2D eigenvalue weighted by molar-refractivity contribution is 0.560. The zero-order chi connectivity index (χ0) is 42.6. The zero-order valence-corrected chi connectivity index (χ0v) is 36.5. The van der Waals surface area contributed by atoms with Crippen LogP contribution in [0.3, 0.4) is 0 Å². The molecule has 4 aliphatic rings. The molecule has 306 valence electrons. The summed E-state index contributed by atoms with van der Waals surface area (Å²) in [6, 6.07) is 46.9. The highest BCUT2D eigenvalue weighted by Crippen LogP contribution is 2.53. The molecule has 0 saturated heterocycles. The summed E-state index contributed by atoms with van der Waals surface area (Å²) in [5.41, 5.74) is 24.0. The highest BCUT2D eigenvalue weighted by molar-refractivity contribution is 6.17. The van der Waals surface area contributed by atoms with E-state index >= 15 is 0 Å². The third-order valence-corrected chi connectivity index (χ3v) is 14.5. The van der Waals surface area contributed by atoms with E-state index in [2.05, 4.69) is 190 Å². The van der Waals surface area contributed by atoms with Gasteiger partial charge in [0.15, 0.2) is 0 Å². The molecule has 3 aliphatic carbocycles. The van der Waals surface area contributed by atoms with Gasteiger partial charge in [0.1, 0.15) is 0 Å². The quantitative estimate of drug-likeness (QED) is 0.119. The van der Waals surface area contributed by atoms with Gasteiger partial charge in [0.2, 0.25) is 0 Å². The smallest absolute Gasteiger partial charge is 0.0586 e. The van der Waals surface area contributed by atoms with Gasteiger partial charge in [0, 0.05) is 17.2 Å². The van der Waals surface area contributed by atoms with Gasteiger partial charge >= 0.3 is 0 Å². The maximum absolute atomic E-state index is 4.75. The average Bonchev–Trinajstić information content (AvgIpc) is 3.72. The molecular formula is C62H53N. The minimum atomic E-state index is 0.172. The number of anilines is 1. The molecule has 0 aromatic heterocycles. The van der Waals surface area contributed by atoms with Gasteiger partial charge in [0.25, 0.3) is 0 Å². The van der Waals surface area contributed by atoms with Crippen molar-refractivity contribution in [2.75, 3.05) is 5.32 Å². The molecular weight excluding hydrogens is 759 g/mol. The van der Waals surface area contributed by atoms with Gasteiger partial charge in [-0.2, -0.15) is 0 Å². The number of hydrogen-bond donors (Lipinski definition) is 1. The predicted molar refractivity (Wildman–Crippen MR) is 273 cm³/mol. The number of para-hydroxylation sites is 1. The van der Waals surface area contributed by atoms with Crippen molar-refractivity contribution in [1.82, 2.24) is 0 Å². The minimum absolute atomic E-state index is 0.172. The summed E-state index contributed by atoms with van der Waals surface area (Å²) in [5, 5.41) is 9.11. The Kier molecular flexibility index (Phi) is 9.92. The summed E-state index contributed by atoms with van der Waals surface area (Å²) in [5.74, 6) is 0.283. The van der Waals surface area contributed by atoms with E-state index in [0.29, 0.717) is 0 Å². The number of nitrogens with one attached hydrogen (secondary N) is 1. The highest BCUT2D eigenvalue weighted by atomic mass is 14.9. The van der Waals surface area contributed by atoms with Crippen LogP contribution in [0.25, 0.3) is 67.1 Å². The maximum atomic E-state index is 4.75. The fourth-order valence-corrected chi connectivity index (χ4v) is 11.2. The summed E-state index contributed by atoms with van der Waals surface area (Å²) >= 11 is 0. The third kappa shape index (κ3) is 6.79. The van der Waals surface area contributed by atoms with Crippen LogP contribution < -0.4 is 5.32 Å². The number of hydrogen-bond acceptors (Lipinski definition) is 1. The standard InChI is InChI=1S/C62H53N/c1-39(43-17-6-5-7-18-43)29-31-44-33-34-45(42(4)41(44)3)32-30-40(2)59-51-23-10-12-25-53(51)60(54-26-13-11-24-52(54)59)47-20-16-21-48(37-47)62-56-36-35-50-49-22-9-8-19-46(49)38-57(50)61(56)55-27-14-15-28-58(55)63-62/h5-7,10-18,20-21,23-36,48,62-63H,1-2,8-9,19,22,37-38H2,3-4H3/b31-29-,32-30-. The fourth-order valence-electron chi connectivity index (χ4n) is 11.2. The molecule has 63 heavy (non-hydrogen) atoms. The van der Waals surface area contributed by atoms with Gasteiger partial charge in [-0.1, -0.05) is 183 Å². The molecule has 0 radical (unpaired) electrons. The Labute approximate surface area is 372 Å². The second-order valence-corrected chi connectivity index (χ2v) is 18.1. The van der Waals surface area contributed by atoms with E-state index in [9.17, 15) is 0 Å². The van der Waals surface area contributed by atoms with E-state index in [-0.39, 0.29) is 12.0 Å². The molecule has 1 heterocycles. The summed E-state index contributed by atoms with van der Waals surface area (Å²) in [6.45, 7) is 13.5. The van der Waals surface area contributed by atoms with Gasteiger partial charge in [-0.15, -0.1) is 0 Å². The van der Waals surface area contributed by atoms with Gasteiger partial charge in [0.05, 0.1) is 6.04 Å². The first-order valence-electron chi connectivity index (χ1n) is 22.9. The monoisotopic (exact) mass is 811 g/mol. The van der Waals surface area contributed by atoms with Gasteiger partial charge in [-0.3, -0.25) is 0 Å². The minimum Gasteiger partial charge on any atom is -0.377 e. The number of allylic oxidation sites excluding steroid dienone is 9. The lowest BCUT2D eigenvalue weighted by atomic mass is 9.75. The van der Waals surface area contributed by atoms with E-state index in [4.69, 9.17) is 6.58 Å². The molecule has 7 aromatic carbocycles. The molecule has 0 spiro atoms. The van der Waals surface area contributed by atoms with E-state index in [1.165, 1.54) is 114 Å². The van der Waals surface area contributed by atoms with Crippen molar-refractivity contribution < 1.29 is 0 Å². The van der Waals surface area contributed by atoms with E-state index in [1.807, 2.05) is 6.07 Å². The summed E-state index contributed by atoms with van der Waals surface area (Å²) in [6.07, 6.45) is 23.1. The number of rotatable bonds is 8. The van der Waals surface area contributed by atoms with Crippen LogP contribution in [0, 0.1) is 19.8 Å². The number of fused-ring (bicyclic) bond motifs is 8. The first kappa shape index (κ1) is 38.9. The predicted octanol–water partition coefficient (Wildman–Crippen LogP) is 16.7. The average molecular weight is 812 g/mol. The van der Waals surface area contributed by atoms with Crippen LogP contribution in [0.5, 0.6) is 0 Å². The molecule has 7 aromatic rings. The zero-order valence-electron chi connectivity index (χ0n) is 36.5. The first-order chi connectivity index (χ1) is 30.9. The highest BCUT2D eigenvalue weighted by Gasteiger charge is 2.36. The molecule has 0 fully saturated rings. The van der Waals surface area contributed by atoms with E-state index in [1.54, 1.807) is 16.7 Å². The molecule has 11 rings (SSSR count). The largest absolute Gasteiger partial charge is 0.377 e. The van der Waals surface area contributed by atoms with Crippen LogP contribution in [-0.2, 0) is 6.42 Å². The maximum Gasteiger partial charge on any atom is 0.0586 e. The Bertz CT molecular complexity index is 3140. The van der Waals surface area contributed by atoms with Crippen molar-refractivity contribution in [3.8, 4) is 11.1 Å². The Balaban J connectivity index is 0.923. The summed E-state index contributed by atoms with van der Waals surface area (Å²) < 4.78 is 0. The van der Waals surface area contributed by atoms with Crippen molar-refractivity contribution >= 4 is 61.7 Å². The van der Waals surface area contributed by atoms with Crippen molar-refractivity contribution in [2.24, 2.45) is 5.92 Å². The molecule has 2 unspecified atom stereocenters. The van der Waals surface area contributed by atoms with Gasteiger partial charge < -0.3 is 5.32 Å². The molecule has 0 bridgehead atoms. The Hall–Kier alpha value is -6.96. The normalized spacial score (nSPS) is 17.7. The molecule has 1 heteroatoms. The lowest BCUT2D eigenvalue weighted by Crippen LogP contribution is -2.25.